The van der Waals surface area contributed by atoms with Crippen molar-refractivity contribution >= 4 is 52.3 Å². The van der Waals surface area contributed by atoms with Crippen LogP contribution in [-0.4, -0.2) is 158 Å². The second kappa shape index (κ2) is 28.2. The van der Waals surface area contributed by atoms with E-state index >= 15 is 0 Å². The molecule has 1 N–H and O–H groups in total. The van der Waals surface area contributed by atoms with E-state index in [0.29, 0.717) is 118 Å². The second-order valence-electron chi connectivity index (χ2n) is 21.5. The molecule has 0 bridgehead atoms. The highest BCUT2D eigenvalue weighted by Gasteiger charge is 2.32. The first-order chi connectivity index (χ1) is 40.2. The molecule has 6 aromatic heterocycles. The van der Waals surface area contributed by atoms with Gasteiger partial charge < -0.3 is 57.4 Å². The fourth-order valence-corrected chi connectivity index (χ4v) is 10.3. The maximum atomic E-state index is 13.4. The molecule has 1 amide bonds. The van der Waals surface area contributed by atoms with Gasteiger partial charge in [-0.15, -0.1) is 0 Å². The van der Waals surface area contributed by atoms with Crippen LogP contribution in [0, 0.1) is 0 Å². The van der Waals surface area contributed by atoms with Gasteiger partial charge in [-0.1, -0.05) is 0 Å². The lowest BCUT2D eigenvalue weighted by Gasteiger charge is -2.39. The minimum Gasteiger partial charge on any atom is -0.486 e. The van der Waals surface area contributed by atoms with Crippen LogP contribution in [0.2, 0.25) is 0 Å². The zero-order valence-corrected chi connectivity index (χ0v) is 48.0. The van der Waals surface area contributed by atoms with E-state index in [0.717, 1.165) is 86.4 Å². The highest BCUT2D eigenvalue weighted by molar-refractivity contribution is 5.89. The first-order valence-electron chi connectivity index (χ1n) is 28.5. The summed E-state index contributed by atoms with van der Waals surface area (Å²) in [5.74, 6) is 1.87. The van der Waals surface area contributed by atoms with Crippen LogP contribution >= 0.6 is 0 Å². The summed E-state index contributed by atoms with van der Waals surface area (Å²) in [5.41, 5.74) is 5.17. The molecule has 4 aliphatic heterocycles. The van der Waals surface area contributed by atoms with Gasteiger partial charge >= 0.3 is 18.0 Å². The minimum atomic E-state index is -0.634. The highest BCUT2D eigenvalue weighted by Crippen LogP contribution is 2.32. The van der Waals surface area contributed by atoms with Crippen LogP contribution in [0.1, 0.15) is 82.8 Å². The number of likely N-dealkylation sites (tertiary alicyclic amines) is 2. The Morgan fingerprint density at radius 3 is 1.58 bits per heavy atom. The molecule has 0 atom stereocenters. The van der Waals surface area contributed by atoms with Gasteiger partial charge in [0.1, 0.15) is 32.0 Å². The number of fused-ring (bicyclic) bond motifs is 4. The molecule has 22 heteroatoms. The van der Waals surface area contributed by atoms with E-state index < -0.39 is 17.5 Å². The van der Waals surface area contributed by atoms with Gasteiger partial charge in [-0.05, 0) is 121 Å². The quantitative estimate of drug-likeness (QED) is 0.0554. The number of pyridine rings is 6. The lowest BCUT2D eigenvalue weighted by molar-refractivity contribution is -0.138. The van der Waals surface area contributed by atoms with Crippen molar-refractivity contribution in [3.63, 3.8) is 0 Å². The SMILES string of the molecule is CCOC(=O)/C=C/c1cnc2ccc(=O)n(CCN3CCC(N(Cc4cc5c(cn4)OCCO5)C(=O)OC(C)(C)C)CC3)c2c1.CCOC(=O)/C=C/c1cnc2ccc(=O)n(CCN3CCC(NCc4cc5c(cn4)OCCO5)CC3)c2c1. The van der Waals surface area contributed by atoms with Gasteiger partial charge in [0.15, 0.2) is 23.0 Å². The number of amides is 1. The molecule has 2 saturated heterocycles. The van der Waals surface area contributed by atoms with Crippen LogP contribution in [-0.2, 0) is 50.0 Å². The number of esters is 2. The molecular formula is C61H74N10O12. The molecule has 6 aromatic rings. The lowest BCUT2D eigenvalue weighted by atomic mass is 10.0. The zero-order chi connectivity index (χ0) is 58.3. The molecule has 10 heterocycles. The average molecular weight is 1140 g/mol. The van der Waals surface area contributed by atoms with Gasteiger partial charge in [0.05, 0.1) is 65.6 Å². The maximum absolute atomic E-state index is 13.4. The van der Waals surface area contributed by atoms with Gasteiger partial charge in [0, 0.05) is 107 Å². The van der Waals surface area contributed by atoms with E-state index in [2.05, 4.69) is 35.1 Å². The van der Waals surface area contributed by atoms with Crippen LogP contribution < -0.4 is 35.4 Å². The Balaban J connectivity index is 0.000000202. The fraction of sp³-hybridized carbons (Fsp3) is 0.459. The van der Waals surface area contributed by atoms with Crippen molar-refractivity contribution < 1.29 is 47.5 Å². The van der Waals surface area contributed by atoms with Crippen LogP contribution in [0.5, 0.6) is 23.0 Å². The summed E-state index contributed by atoms with van der Waals surface area (Å²) in [6.45, 7) is 18.7. The molecule has 440 valence electrons. The highest BCUT2D eigenvalue weighted by atomic mass is 16.6. The van der Waals surface area contributed by atoms with Crippen molar-refractivity contribution in [2.75, 3.05) is 78.9 Å². The van der Waals surface area contributed by atoms with Crippen LogP contribution in [0.3, 0.4) is 0 Å². The summed E-state index contributed by atoms with van der Waals surface area (Å²) in [7, 11) is 0. The third kappa shape index (κ3) is 16.5. The van der Waals surface area contributed by atoms with Crippen molar-refractivity contribution in [1.29, 1.82) is 0 Å². The second-order valence-corrected chi connectivity index (χ2v) is 21.5. The molecule has 0 spiro atoms. The maximum Gasteiger partial charge on any atom is 0.410 e. The molecule has 0 radical (unpaired) electrons. The molecule has 0 saturated carbocycles. The number of hydrogen-bond donors (Lipinski definition) is 1. The number of piperidine rings is 2. The Hall–Kier alpha value is -8.21. The number of nitrogens with one attached hydrogen (secondary N) is 1. The number of hydrogen-bond acceptors (Lipinski definition) is 19. The largest absolute Gasteiger partial charge is 0.486 e. The molecule has 2 fully saturated rings. The van der Waals surface area contributed by atoms with Crippen molar-refractivity contribution in [3.8, 4) is 23.0 Å². The Morgan fingerprint density at radius 2 is 1.08 bits per heavy atom. The normalized spacial score (nSPS) is 16.0. The minimum absolute atomic E-state index is 0.0377. The summed E-state index contributed by atoms with van der Waals surface area (Å²) in [4.78, 5) is 86.8. The van der Waals surface area contributed by atoms with Crippen molar-refractivity contribution in [2.45, 2.75) is 104 Å². The first kappa shape index (κ1) is 59.4. The Labute approximate surface area is 482 Å². The van der Waals surface area contributed by atoms with E-state index in [9.17, 15) is 24.0 Å². The summed E-state index contributed by atoms with van der Waals surface area (Å²) in [6, 6.07) is 14.4. The molecule has 4 aliphatic rings. The smallest absolute Gasteiger partial charge is 0.410 e. The van der Waals surface area contributed by atoms with Crippen molar-refractivity contribution in [2.24, 2.45) is 0 Å². The van der Waals surface area contributed by atoms with Crippen LogP contribution in [0.15, 0.2) is 95.1 Å². The van der Waals surface area contributed by atoms with Crippen LogP contribution in [0.25, 0.3) is 34.2 Å². The van der Waals surface area contributed by atoms with Crippen molar-refractivity contribution in [3.05, 3.63) is 129 Å². The Bertz CT molecular complexity index is 3410. The monoisotopic (exact) mass is 1140 g/mol. The third-order valence-corrected chi connectivity index (χ3v) is 14.5. The molecule has 10 rings (SSSR count). The lowest BCUT2D eigenvalue weighted by Crippen LogP contribution is -2.49. The first-order valence-corrected chi connectivity index (χ1v) is 28.5. The Morgan fingerprint density at radius 1 is 0.614 bits per heavy atom. The summed E-state index contributed by atoms with van der Waals surface area (Å²) >= 11 is 0. The van der Waals surface area contributed by atoms with E-state index in [-0.39, 0.29) is 23.3 Å². The Kier molecular flexibility index (Phi) is 20.2. The standard InChI is InChI=1S/C33H41N5O7.C28H33N5O5/c1-5-42-31(40)9-6-23-18-27-26(35-20-23)7-8-30(39)37(27)15-14-36-12-10-25(11-13-36)38(32(41)45-33(2,3)4)22-24-19-28-29(21-34-24)44-17-16-43-28;1-2-36-28(35)6-3-20-15-24-23(31-17-20)4-5-27(34)33(24)12-11-32-9-7-21(8-10-32)29-18-22-16-25-26(19-30-22)38-14-13-37-25/h6-9,18-21,25H,5,10-17,22H2,1-4H3;3-6,15-17,19,21,29H,2,7-14,18H2,1H3/b9-6+;6-3+. The van der Waals surface area contributed by atoms with Gasteiger partial charge in [-0.3, -0.25) is 34.4 Å². The number of carbonyl (C=O) groups is 3. The van der Waals surface area contributed by atoms with E-state index in [1.54, 1.807) is 83.0 Å². The molecule has 0 aromatic carbocycles. The predicted molar refractivity (Wildman–Crippen MR) is 311 cm³/mol. The van der Waals surface area contributed by atoms with E-state index in [4.69, 9.17) is 33.2 Å². The number of aromatic nitrogens is 6. The van der Waals surface area contributed by atoms with E-state index in [1.165, 1.54) is 18.2 Å². The van der Waals surface area contributed by atoms with Gasteiger partial charge in [0.25, 0.3) is 11.1 Å². The zero-order valence-electron chi connectivity index (χ0n) is 48.0. The number of carbonyl (C=O) groups excluding carboxylic acids is 3. The molecular weight excluding hydrogens is 1060 g/mol. The average Bonchev–Trinajstić information content (AvgIpc) is 3.69. The van der Waals surface area contributed by atoms with Gasteiger partial charge in [-0.25, -0.2) is 14.4 Å². The third-order valence-electron chi connectivity index (χ3n) is 14.5. The number of ether oxygens (including phenoxy) is 7. The van der Waals surface area contributed by atoms with Gasteiger partial charge in [-0.2, -0.15) is 0 Å². The molecule has 83 heavy (non-hydrogen) atoms. The predicted octanol–water partition coefficient (Wildman–Crippen LogP) is 6.43. The summed E-state index contributed by atoms with van der Waals surface area (Å²) in [5, 5.41) is 3.62. The number of rotatable bonds is 18. The summed E-state index contributed by atoms with van der Waals surface area (Å²) in [6.07, 6.45) is 15.9. The van der Waals surface area contributed by atoms with Gasteiger partial charge in [0.2, 0.25) is 0 Å². The summed E-state index contributed by atoms with van der Waals surface area (Å²) < 4.78 is 41.7. The molecule has 22 nitrogen and oxygen atoms in total. The fourth-order valence-electron chi connectivity index (χ4n) is 10.3. The topological polar surface area (TPSA) is 233 Å². The molecule has 0 aliphatic carbocycles. The molecule has 0 unspecified atom stereocenters. The van der Waals surface area contributed by atoms with E-state index in [1.807, 2.05) is 45.0 Å². The van der Waals surface area contributed by atoms with Crippen molar-refractivity contribution in [1.82, 2.24) is 49.1 Å². The number of nitrogens with zero attached hydrogens (tertiary/aromatic N) is 9. The van der Waals surface area contributed by atoms with Crippen LogP contribution in [0.4, 0.5) is 4.79 Å².